The first kappa shape index (κ1) is 21.1. The van der Waals surface area contributed by atoms with Gasteiger partial charge in [0.2, 0.25) is 5.71 Å². The minimum absolute atomic E-state index is 0.213. The van der Waals surface area contributed by atoms with E-state index in [0.29, 0.717) is 24.0 Å². The fourth-order valence-corrected chi connectivity index (χ4v) is 4.43. The van der Waals surface area contributed by atoms with Gasteiger partial charge in [-0.25, -0.2) is 4.79 Å². The molecule has 33 heavy (non-hydrogen) atoms. The smallest absolute Gasteiger partial charge is 0.331 e. The Morgan fingerprint density at radius 1 is 0.939 bits per heavy atom. The number of aromatic nitrogens is 2. The summed E-state index contributed by atoms with van der Waals surface area (Å²) >= 11 is 0. The van der Waals surface area contributed by atoms with Crippen LogP contribution in [0.25, 0.3) is 22.2 Å². The van der Waals surface area contributed by atoms with Gasteiger partial charge < -0.3 is 14.1 Å². The Hall–Kier alpha value is -3.78. The van der Waals surface area contributed by atoms with Crippen molar-refractivity contribution < 1.29 is 9.15 Å². The zero-order valence-electron chi connectivity index (χ0n) is 18.5. The van der Waals surface area contributed by atoms with Gasteiger partial charge in [-0.15, -0.1) is 0 Å². The molecule has 1 fully saturated rings. The summed E-state index contributed by atoms with van der Waals surface area (Å²) in [6.07, 6.45) is 1.53. The number of hydrogen-bond donors (Lipinski definition) is 1. The van der Waals surface area contributed by atoms with Crippen LogP contribution < -0.4 is 20.9 Å². The summed E-state index contributed by atoms with van der Waals surface area (Å²) in [5.74, 6) is 0.867. The molecule has 0 unspecified atom stereocenters. The van der Waals surface area contributed by atoms with Crippen molar-refractivity contribution in [1.82, 2.24) is 14.5 Å². The van der Waals surface area contributed by atoms with Crippen LogP contribution in [0, 0.1) is 0 Å². The van der Waals surface area contributed by atoms with Crippen molar-refractivity contribution >= 4 is 16.8 Å². The van der Waals surface area contributed by atoms with E-state index in [9.17, 15) is 9.59 Å². The third-order valence-corrected chi connectivity index (χ3v) is 6.24. The molecular weight excluding hydrogens is 420 g/mol. The third-order valence-electron chi connectivity index (χ3n) is 6.24. The molecule has 0 aliphatic carbocycles. The van der Waals surface area contributed by atoms with E-state index >= 15 is 0 Å². The molecule has 0 amide bonds. The molecule has 0 spiro atoms. The largest absolute Gasteiger partial charge is 0.495 e. The van der Waals surface area contributed by atoms with Crippen LogP contribution in [-0.2, 0) is 6.54 Å². The molecule has 3 heterocycles. The normalized spacial score (nSPS) is 14.6. The Bertz CT molecular complexity index is 1360. The standard InChI is InChI=1S/C25H26N4O4/c1-32-21-10-6-5-9-20(21)28-14-11-27(12-15-28)13-16-29-24(30)22-19(18-7-3-2-4-8-18)17-33-23(22)26-25(29)31/h2-10,17H,11-16H2,1H3,(H,26,31). The Balaban J connectivity index is 1.31. The second kappa shape index (κ2) is 8.99. The molecule has 2 aromatic carbocycles. The van der Waals surface area contributed by atoms with Crippen LogP contribution in [0.3, 0.4) is 0 Å². The molecule has 4 aromatic rings. The Labute approximate surface area is 190 Å². The van der Waals surface area contributed by atoms with Crippen LogP contribution in [0.15, 0.2) is 74.9 Å². The van der Waals surface area contributed by atoms with Crippen molar-refractivity contribution in [3.05, 3.63) is 81.7 Å². The molecule has 0 saturated carbocycles. The molecule has 0 radical (unpaired) electrons. The van der Waals surface area contributed by atoms with Gasteiger partial charge >= 0.3 is 5.69 Å². The van der Waals surface area contributed by atoms with E-state index in [-0.39, 0.29) is 11.3 Å². The van der Waals surface area contributed by atoms with E-state index < -0.39 is 5.69 Å². The van der Waals surface area contributed by atoms with Crippen LogP contribution in [-0.4, -0.2) is 54.3 Å². The second-order valence-electron chi connectivity index (χ2n) is 8.11. The minimum atomic E-state index is -0.450. The lowest BCUT2D eigenvalue weighted by Crippen LogP contribution is -2.48. The number of para-hydroxylation sites is 2. The summed E-state index contributed by atoms with van der Waals surface area (Å²) in [6.45, 7) is 4.32. The van der Waals surface area contributed by atoms with Gasteiger partial charge in [-0.3, -0.25) is 19.2 Å². The fourth-order valence-electron chi connectivity index (χ4n) is 4.43. The Morgan fingerprint density at radius 3 is 2.42 bits per heavy atom. The Kier molecular flexibility index (Phi) is 5.75. The number of nitrogens with one attached hydrogen (secondary N) is 1. The van der Waals surface area contributed by atoms with Crippen LogP contribution in [0.4, 0.5) is 5.69 Å². The predicted molar refractivity (Wildman–Crippen MR) is 128 cm³/mol. The highest BCUT2D eigenvalue weighted by atomic mass is 16.5. The van der Waals surface area contributed by atoms with E-state index in [1.165, 1.54) is 10.8 Å². The summed E-state index contributed by atoms with van der Waals surface area (Å²) in [7, 11) is 1.68. The number of benzene rings is 2. The van der Waals surface area contributed by atoms with E-state index in [1.807, 2.05) is 48.5 Å². The average molecular weight is 447 g/mol. The molecule has 0 bridgehead atoms. The zero-order valence-corrected chi connectivity index (χ0v) is 18.5. The molecule has 5 rings (SSSR count). The van der Waals surface area contributed by atoms with Gasteiger partial charge in [0.1, 0.15) is 17.4 Å². The molecule has 8 heteroatoms. The quantitative estimate of drug-likeness (QED) is 0.490. The highest BCUT2D eigenvalue weighted by molar-refractivity contribution is 5.91. The highest BCUT2D eigenvalue weighted by Crippen LogP contribution is 2.28. The van der Waals surface area contributed by atoms with Gasteiger partial charge in [0.15, 0.2) is 0 Å². The van der Waals surface area contributed by atoms with Crippen molar-refractivity contribution in [2.75, 3.05) is 44.7 Å². The van der Waals surface area contributed by atoms with Gasteiger partial charge in [-0.05, 0) is 17.7 Å². The number of anilines is 1. The van der Waals surface area contributed by atoms with Crippen LogP contribution in [0.2, 0.25) is 0 Å². The van der Waals surface area contributed by atoms with Gasteiger partial charge in [0, 0.05) is 44.8 Å². The monoisotopic (exact) mass is 446 g/mol. The van der Waals surface area contributed by atoms with Crippen LogP contribution in [0.1, 0.15) is 0 Å². The van der Waals surface area contributed by atoms with Crippen molar-refractivity contribution in [2.24, 2.45) is 0 Å². The maximum atomic E-state index is 13.2. The predicted octanol–water partition coefficient (Wildman–Crippen LogP) is 2.78. The number of ether oxygens (including phenoxy) is 1. The topological polar surface area (TPSA) is 83.7 Å². The number of furan rings is 1. The summed E-state index contributed by atoms with van der Waals surface area (Å²) < 4.78 is 12.3. The number of hydrogen-bond acceptors (Lipinski definition) is 6. The number of piperazine rings is 1. The van der Waals surface area contributed by atoms with Crippen molar-refractivity contribution in [1.29, 1.82) is 0 Å². The Morgan fingerprint density at radius 2 is 1.67 bits per heavy atom. The molecular formula is C25H26N4O4. The highest BCUT2D eigenvalue weighted by Gasteiger charge is 2.21. The van der Waals surface area contributed by atoms with E-state index in [1.54, 1.807) is 7.11 Å². The number of aromatic amines is 1. The van der Waals surface area contributed by atoms with Gasteiger partial charge in [0.25, 0.3) is 5.56 Å². The number of nitrogens with zero attached hydrogens (tertiary/aromatic N) is 3. The maximum absolute atomic E-state index is 13.2. The SMILES string of the molecule is COc1ccccc1N1CCN(CCn2c(=O)[nH]c3occ(-c4ccccc4)c3c2=O)CC1. The first-order valence-corrected chi connectivity index (χ1v) is 11.1. The van der Waals surface area contributed by atoms with Crippen molar-refractivity contribution in [3.63, 3.8) is 0 Å². The molecule has 1 N–H and O–H groups in total. The first-order chi connectivity index (χ1) is 16.2. The third kappa shape index (κ3) is 4.05. The second-order valence-corrected chi connectivity index (χ2v) is 8.11. The molecule has 8 nitrogen and oxygen atoms in total. The lowest BCUT2D eigenvalue weighted by molar-refractivity contribution is 0.245. The lowest BCUT2D eigenvalue weighted by Gasteiger charge is -2.36. The van der Waals surface area contributed by atoms with E-state index in [4.69, 9.17) is 9.15 Å². The van der Waals surface area contributed by atoms with Gasteiger partial charge in [0.05, 0.1) is 12.8 Å². The number of fused-ring (bicyclic) bond motifs is 1. The van der Waals surface area contributed by atoms with Crippen molar-refractivity contribution in [3.8, 4) is 16.9 Å². The fraction of sp³-hybridized carbons (Fsp3) is 0.280. The number of H-pyrrole nitrogens is 1. The van der Waals surface area contributed by atoms with E-state index in [2.05, 4.69) is 20.9 Å². The molecule has 1 aliphatic heterocycles. The van der Waals surface area contributed by atoms with E-state index in [0.717, 1.165) is 43.2 Å². The summed E-state index contributed by atoms with van der Waals surface area (Å²) in [5.41, 5.74) is 2.09. The van der Waals surface area contributed by atoms with Gasteiger partial charge in [-0.1, -0.05) is 42.5 Å². The van der Waals surface area contributed by atoms with Crippen molar-refractivity contribution in [2.45, 2.75) is 6.54 Å². The molecule has 1 saturated heterocycles. The van der Waals surface area contributed by atoms with Gasteiger partial charge in [-0.2, -0.15) is 0 Å². The number of rotatable bonds is 6. The molecule has 1 aliphatic rings. The molecule has 2 aromatic heterocycles. The first-order valence-electron chi connectivity index (χ1n) is 11.1. The summed E-state index contributed by atoms with van der Waals surface area (Å²) in [4.78, 5) is 33.1. The van der Waals surface area contributed by atoms with Crippen LogP contribution >= 0.6 is 0 Å². The maximum Gasteiger partial charge on any atom is 0.331 e. The molecule has 0 atom stereocenters. The zero-order chi connectivity index (χ0) is 22.8. The minimum Gasteiger partial charge on any atom is -0.495 e. The molecule has 170 valence electrons. The lowest BCUT2D eigenvalue weighted by atomic mass is 10.1. The number of methoxy groups -OCH3 is 1. The van der Waals surface area contributed by atoms with Crippen LogP contribution in [0.5, 0.6) is 5.75 Å². The summed E-state index contributed by atoms with van der Waals surface area (Å²) in [5, 5.41) is 0.404. The summed E-state index contributed by atoms with van der Waals surface area (Å²) in [6, 6.07) is 17.6. The average Bonchev–Trinajstić information content (AvgIpc) is 3.29.